The molecule has 1 heterocycles. The highest BCUT2D eigenvalue weighted by Gasteiger charge is 2.31. The first kappa shape index (κ1) is 22.7. The fourth-order valence-corrected chi connectivity index (χ4v) is 3.72. The first-order chi connectivity index (χ1) is 13.0. The van der Waals surface area contributed by atoms with Crippen molar-refractivity contribution >= 4 is 39.0 Å². The second kappa shape index (κ2) is 9.30. The highest BCUT2D eigenvalue weighted by molar-refractivity contribution is 9.10. The van der Waals surface area contributed by atoms with Gasteiger partial charge in [-0.2, -0.15) is 0 Å². The van der Waals surface area contributed by atoms with E-state index in [1.807, 2.05) is 20.8 Å². The quantitative estimate of drug-likeness (QED) is 0.608. The van der Waals surface area contributed by atoms with Crippen LogP contribution in [-0.4, -0.2) is 20.2 Å². The third-order valence-corrected chi connectivity index (χ3v) is 5.96. The lowest BCUT2D eigenvalue weighted by Gasteiger charge is -2.28. The van der Waals surface area contributed by atoms with Gasteiger partial charge in [0.25, 0.3) is 0 Å². The van der Waals surface area contributed by atoms with Gasteiger partial charge in [-0.3, -0.25) is 4.79 Å². The van der Waals surface area contributed by atoms with Crippen molar-refractivity contribution in [1.29, 1.82) is 0 Å². The van der Waals surface area contributed by atoms with Crippen LogP contribution in [0.25, 0.3) is 0 Å². The predicted molar refractivity (Wildman–Crippen MR) is 110 cm³/mol. The molecular formula is C19H22BrF2N3O2S. The minimum absolute atomic E-state index is 0.144. The van der Waals surface area contributed by atoms with E-state index in [1.54, 1.807) is 12.1 Å². The maximum atomic E-state index is 13.6. The standard InChI is InChI=1S/C19H22BrF2N3O2S/c1-11(26)23-17-6-5-15(20)18(24-17)16(25-28(27)19(2,3)4)9-12-7-13(21)10-14(22)8-12/h5-8,10,16,25H,9H2,1-4H3,(H,23,24,26)/t16?,28-/m0/s1. The van der Waals surface area contributed by atoms with E-state index in [2.05, 4.69) is 31.0 Å². The molecule has 1 amide bonds. The molecule has 0 bridgehead atoms. The van der Waals surface area contributed by atoms with Crippen LogP contribution in [0.5, 0.6) is 0 Å². The molecule has 2 aromatic rings. The number of nitrogens with one attached hydrogen (secondary N) is 2. The summed E-state index contributed by atoms with van der Waals surface area (Å²) in [5.74, 6) is -1.34. The Morgan fingerprint density at radius 3 is 2.39 bits per heavy atom. The van der Waals surface area contributed by atoms with Crippen LogP contribution in [0.1, 0.15) is 45.0 Å². The molecular weight excluding hydrogens is 452 g/mol. The number of hydrogen-bond donors (Lipinski definition) is 2. The summed E-state index contributed by atoms with van der Waals surface area (Å²) in [6.45, 7) is 6.80. The van der Waals surface area contributed by atoms with Gasteiger partial charge in [-0.05, 0) is 73.0 Å². The van der Waals surface area contributed by atoms with Gasteiger partial charge in [-0.25, -0.2) is 13.8 Å². The predicted octanol–water partition coefficient (Wildman–Crippen LogP) is 4.42. The lowest BCUT2D eigenvalue weighted by Crippen LogP contribution is -2.42. The van der Waals surface area contributed by atoms with Gasteiger partial charge < -0.3 is 9.87 Å². The number of benzene rings is 1. The van der Waals surface area contributed by atoms with Crippen molar-refractivity contribution in [3.05, 3.63) is 57.7 Å². The van der Waals surface area contributed by atoms with Crippen molar-refractivity contribution in [2.24, 2.45) is 0 Å². The van der Waals surface area contributed by atoms with Gasteiger partial charge in [0, 0.05) is 28.8 Å². The second-order valence-electron chi connectivity index (χ2n) is 7.28. The van der Waals surface area contributed by atoms with E-state index < -0.39 is 33.8 Å². The van der Waals surface area contributed by atoms with Gasteiger partial charge in [0.2, 0.25) is 5.91 Å². The summed E-state index contributed by atoms with van der Waals surface area (Å²) >= 11 is 1.95. The molecule has 152 valence electrons. The lowest BCUT2D eigenvalue weighted by molar-refractivity contribution is -0.114. The summed E-state index contributed by atoms with van der Waals surface area (Å²) in [6, 6.07) is 5.95. The average Bonchev–Trinajstić information content (AvgIpc) is 2.53. The van der Waals surface area contributed by atoms with Crippen LogP contribution in [0.4, 0.5) is 14.6 Å². The fourth-order valence-electron chi connectivity index (χ4n) is 2.42. The van der Waals surface area contributed by atoms with E-state index >= 15 is 0 Å². The second-order valence-corrected chi connectivity index (χ2v) is 10.1. The number of pyridine rings is 1. The third kappa shape index (κ3) is 6.51. The Balaban J connectivity index is 2.44. The van der Waals surface area contributed by atoms with E-state index in [-0.39, 0.29) is 12.3 Å². The maximum Gasteiger partial charge on any atom is 0.222 e. The molecule has 28 heavy (non-hydrogen) atoms. The molecule has 0 saturated carbocycles. The molecule has 2 atom stereocenters. The van der Waals surface area contributed by atoms with Crippen molar-refractivity contribution < 1.29 is 18.1 Å². The van der Waals surface area contributed by atoms with Crippen LogP contribution in [-0.2, 0) is 22.6 Å². The highest BCUT2D eigenvalue weighted by Crippen LogP contribution is 2.29. The number of amides is 1. The number of hydrogen-bond acceptors (Lipinski definition) is 4. The average molecular weight is 474 g/mol. The van der Waals surface area contributed by atoms with Gasteiger partial charge in [-0.15, -0.1) is 4.72 Å². The Bertz CT molecular complexity index is 841. The van der Waals surface area contributed by atoms with E-state index in [9.17, 15) is 18.1 Å². The molecule has 0 radical (unpaired) electrons. The molecule has 9 heteroatoms. The molecule has 0 aliphatic heterocycles. The third-order valence-electron chi connectivity index (χ3n) is 3.67. The zero-order valence-electron chi connectivity index (χ0n) is 16.0. The summed E-state index contributed by atoms with van der Waals surface area (Å²) in [5, 5.41) is 2.60. The molecule has 1 aromatic carbocycles. The van der Waals surface area contributed by atoms with E-state index in [1.165, 1.54) is 19.1 Å². The Morgan fingerprint density at radius 1 is 1.25 bits per heavy atom. The van der Waals surface area contributed by atoms with Crippen molar-refractivity contribution in [2.45, 2.75) is 44.9 Å². The Labute approximate surface area is 174 Å². The SMILES string of the molecule is CC(=O)Nc1ccc(Br)c(C(Cc2cc(F)cc(F)c2)N[S@@+]([O-])C(C)(C)C)n1. The molecule has 0 spiro atoms. The summed E-state index contributed by atoms with van der Waals surface area (Å²) in [4.78, 5) is 15.8. The molecule has 2 rings (SSSR count). The number of rotatable bonds is 6. The Hall–Kier alpha value is -1.55. The van der Waals surface area contributed by atoms with E-state index in [0.29, 0.717) is 21.5 Å². The van der Waals surface area contributed by atoms with Crippen LogP contribution in [0.3, 0.4) is 0 Å². The van der Waals surface area contributed by atoms with Crippen LogP contribution < -0.4 is 10.0 Å². The molecule has 2 N–H and O–H groups in total. The van der Waals surface area contributed by atoms with Gasteiger partial charge in [0.15, 0.2) is 0 Å². The van der Waals surface area contributed by atoms with Crippen molar-refractivity contribution in [3.63, 3.8) is 0 Å². The summed E-state index contributed by atoms with van der Waals surface area (Å²) < 4.78 is 43.0. The molecule has 5 nitrogen and oxygen atoms in total. The van der Waals surface area contributed by atoms with Gasteiger partial charge >= 0.3 is 0 Å². The van der Waals surface area contributed by atoms with Crippen molar-refractivity contribution in [3.8, 4) is 0 Å². The number of anilines is 1. The van der Waals surface area contributed by atoms with Crippen LogP contribution in [0.15, 0.2) is 34.8 Å². The maximum absolute atomic E-state index is 13.6. The number of nitrogens with zero attached hydrogens (tertiary/aromatic N) is 1. The van der Waals surface area contributed by atoms with Crippen LogP contribution in [0, 0.1) is 11.6 Å². The Morgan fingerprint density at radius 2 is 1.86 bits per heavy atom. The molecule has 0 aliphatic rings. The smallest absolute Gasteiger partial charge is 0.222 e. The Kier molecular flexibility index (Phi) is 7.55. The number of carbonyl (C=O) groups excluding carboxylic acids is 1. The zero-order valence-corrected chi connectivity index (χ0v) is 18.4. The van der Waals surface area contributed by atoms with Crippen molar-refractivity contribution in [1.82, 2.24) is 9.71 Å². The molecule has 1 unspecified atom stereocenters. The highest BCUT2D eigenvalue weighted by atomic mass is 79.9. The van der Waals surface area contributed by atoms with Crippen molar-refractivity contribution in [2.75, 3.05) is 5.32 Å². The minimum atomic E-state index is -1.46. The first-order valence-electron chi connectivity index (χ1n) is 8.53. The van der Waals surface area contributed by atoms with Gasteiger partial charge in [0.05, 0.1) is 11.7 Å². The fraction of sp³-hybridized carbons (Fsp3) is 0.368. The molecule has 0 fully saturated rings. The minimum Gasteiger partial charge on any atom is -0.598 e. The number of carbonyl (C=O) groups is 1. The largest absolute Gasteiger partial charge is 0.598 e. The summed E-state index contributed by atoms with van der Waals surface area (Å²) in [5.41, 5.74) is 0.855. The lowest BCUT2D eigenvalue weighted by atomic mass is 10.0. The monoisotopic (exact) mass is 473 g/mol. The number of halogens is 3. The topological polar surface area (TPSA) is 77.1 Å². The van der Waals surface area contributed by atoms with Gasteiger partial charge in [-0.1, -0.05) is 0 Å². The first-order valence-corrected chi connectivity index (χ1v) is 10.5. The normalized spacial score (nSPS) is 13.9. The van der Waals surface area contributed by atoms with Crippen LogP contribution >= 0.6 is 15.9 Å². The van der Waals surface area contributed by atoms with E-state index in [4.69, 9.17) is 0 Å². The molecule has 1 aromatic heterocycles. The zero-order chi connectivity index (χ0) is 21.1. The summed E-state index contributed by atoms with van der Waals surface area (Å²) in [6.07, 6.45) is 0.144. The van der Waals surface area contributed by atoms with E-state index in [0.717, 1.165) is 6.07 Å². The number of aromatic nitrogens is 1. The van der Waals surface area contributed by atoms with Crippen LogP contribution in [0.2, 0.25) is 0 Å². The molecule has 0 aliphatic carbocycles. The summed E-state index contributed by atoms with van der Waals surface area (Å²) in [7, 11) is 0. The molecule has 0 saturated heterocycles. The van der Waals surface area contributed by atoms with Gasteiger partial charge in [0.1, 0.15) is 22.2 Å².